The van der Waals surface area contributed by atoms with E-state index in [1.807, 2.05) is 42.5 Å². The van der Waals surface area contributed by atoms with Crippen LogP contribution in [-0.2, 0) is 17.7 Å². The molecule has 4 rings (SSSR count). The predicted octanol–water partition coefficient (Wildman–Crippen LogP) is 2.19. The van der Waals surface area contributed by atoms with Gasteiger partial charge in [-0.2, -0.15) is 0 Å². The number of ketones is 1. The van der Waals surface area contributed by atoms with Gasteiger partial charge in [0.15, 0.2) is 5.78 Å². The topological polar surface area (TPSA) is 94.1 Å². The van der Waals surface area contributed by atoms with E-state index in [1.54, 1.807) is 0 Å². The van der Waals surface area contributed by atoms with Crippen molar-refractivity contribution in [3.63, 3.8) is 0 Å². The molecule has 1 aromatic carbocycles. The van der Waals surface area contributed by atoms with E-state index in [-0.39, 0.29) is 23.9 Å². The highest BCUT2D eigenvalue weighted by Crippen LogP contribution is 2.30. The van der Waals surface area contributed by atoms with Crippen molar-refractivity contribution in [2.75, 3.05) is 13.7 Å². The molecule has 2 heterocycles. The van der Waals surface area contributed by atoms with Crippen LogP contribution in [0, 0.1) is 5.92 Å². The Morgan fingerprint density at radius 1 is 1.21 bits per heavy atom. The molecule has 7 heteroatoms. The van der Waals surface area contributed by atoms with Crippen LogP contribution in [0.1, 0.15) is 27.9 Å². The average molecular weight is 391 g/mol. The lowest BCUT2D eigenvalue weighted by atomic mass is 9.82. The lowest BCUT2D eigenvalue weighted by molar-refractivity contribution is 0.0959. The first-order chi connectivity index (χ1) is 14.1. The standard InChI is InChI=1S/C22H21N3O4/c1-29-10-9-25-20-19(21(27)24-22(25)28)16-11-15(12-18(26)17(16)13-23-20)8-7-14-5-3-2-4-6-14/h2-8,13,15H,9-12H2,1H3,(H,24,27,28). The van der Waals surface area contributed by atoms with Gasteiger partial charge < -0.3 is 4.74 Å². The first kappa shape index (κ1) is 19.0. The molecule has 148 valence electrons. The number of carbonyl (C=O) groups is 1. The summed E-state index contributed by atoms with van der Waals surface area (Å²) in [5.41, 5.74) is 1.41. The Morgan fingerprint density at radius 2 is 2.00 bits per heavy atom. The number of rotatable bonds is 5. The summed E-state index contributed by atoms with van der Waals surface area (Å²) in [6, 6.07) is 9.85. The van der Waals surface area contributed by atoms with E-state index in [2.05, 4.69) is 9.97 Å². The van der Waals surface area contributed by atoms with Crippen LogP contribution in [0.15, 0.2) is 52.2 Å². The van der Waals surface area contributed by atoms with E-state index in [4.69, 9.17) is 4.74 Å². The van der Waals surface area contributed by atoms with E-state index in [9.17, 15) is 14.4 Å². The third-order valence-corrected chi connectivity index (χ3v) is 5.21. The van der Waals surface area contributed by atoms with Crippen molar-refractivity contribution in [2.45, 2.75) is 19.4 Å². The summed E-state index contributed by atoms with van der Waals surface area (Å²) in [4.78, 5) is 44.2. The van der Waals surface area contributed by atoms with Crippen molar-refractivity contribution in [2.24, 2.45) is 5.92 Å². The quantitative estimate of drug-likeness (QED) is 0.720. The molecule has 0 aliphatic heterocycles. The molecule has 29 heavy (non-hydrogen) atoms. The highest BCUT2D eigenvalue weighted by molar-refractivity contribution is 6.02. The van der Waals surface area contributed by atoms with Gasteiger partial charge in [0.05, 0.1) is 18.5 Å². The van der Waals surface area contributed by atoms with Crippen LogP contribution in [0.5, 0.6) is 0 Å². The van der Waals surface area contributed by atoms with Crippen molar-refractivity contribution in [3.8, 4) is 0 Å². The molecule has 3 aromatic rings. The molecular formula is C22H21N3O4. The number of aromatic amines is 1. The number of fused-ring (bicyclic) bond motifs is 3. The van der Waals surface area contributed by atoms with Gasteiger partial charge in [-0.3, -0.25) is 19.1 Å². The summed E-state index contributed by atoms with van der Waals surface area (Å²) >= 11 is 0. The number of H-pyrrole nitrogens is 1. The summed E-state index contributed by atoms with van der Waals surface area (Å²) in [6.07, 6.45) is 6.39. The molecule has 1 aliphatic carbocycles. The van der Waals surface area contributed by atoms with Crippen LogP contribution in [0.2, 0.25) is 0 Å². The van der Waals surface area contributed by atoms with Crippen LogP contribution in [0.4, 0.5) is 0 Å². The Kier molecular flexibility index (Phi) is 5.22. The highest BCUT2D eigenvalue weighted by atomic mass is 16.5. The lowest BCUT2D eigenvalue weighted by Gasteiger charge is -2.22. The molecule has 0 radical (unpaired) electrons. The Hall–Kier alpha value is -3.32. The van der Waals surface area contributed by atoms with Crippen molar-refractivity contribution in [3.05, 3.63) is 80.1 Å². The van der Waals surface area contributed by atoms with E-state index >= 15 is 0 Å². The van der Waals surface area contributed by atoms with Crippen molar-refractivity contribution in [1.82, 2.24) is 14.5 Å². The third kappa shape index (κ3) is 3.69. The number of carbonyl (C=O) groups excluding carboxylic acids is 1. The first-order valence-electron chi connectivity index (χ1n) is 9.48. The van der Waals surface area contributed by atoms with Crippen molar-refractivity contribution < 1.29 is 9.53 Å². The fourth-order valence-corrected chi connectivity index (χ4v) is 3.78. The Morgan fingerprint density at radius 3 is 2.76 bits per heavy atom. The zero-order valence-electron chi connectivity index (χ0n) is 16.1. The first-order valence-corrected chi connectivity index (χ1v) is 9.48. The minimum absolute atomic E-state index is 0.0282. The molecular weight excluding hydrogens is 370 g/mol. The maximum absolute atomic E-state index is 12.7. The fraction of sp³-hybridized carbons (Fsp3) is 0.273. The molecule has 0 amide bonds. The van der Waals surface area contributed by atoms with Gasteiger partial charge in [0.25, 0.3) is 5.56 Å². The van der Waals surface area contributed by atoms with Crippen LogP contribution in [0.25, 0.3) is 17.1 Å². The van der Waals surface area contributed by atoms with Crippen molar-refractivity contribution >= 4 is 22.9 Å². The van der Waals surface area contributed by atoms with Gasteiger partial charge in [0.1, 0.15) is 5.65 Å². The van der Waals surface area contributed by atoms with E-state index in [1.165, 1.54) is 17.9 Å². The molecule has 1 atom stereocenters. The normalized spacial score (nSPS) is 16.4. The molecule has 0 saturated carbocycles. The number of nitrogens with zero attached hydrogens (tertiary/aromatic N) is 2. The second-order valence-corrected chi connectivity index (χ2v) is 7.11. The third-order valence-electron chi connectivity index (χ3n) is 5.21. The zero-order chi connectivity index (χ0) is 20.4. The van der Waals surface area contributed by atoms with Crippen LogP contribution < -0.4 is 11.2 Å². The average Bonchev–Trinajstić information content (AvgIpc) is 2.72. The summed E-state index contributed by atoms with van der Waals surface area (Å²) in [5.74, 6) is -0.0723. The minimum Gasteiger partial charge on any atom is -0.383 e. The smallest absolute Gasteiger partial charge is 0.330 e. The van der Waals surface area contributed by atoms with E-state index < -0.39 is 11.2 Å². The molecule has 0 bridgehead atoms. The number of methoxy groups -OCH3 is 1. The molecule has 0 spiro atoms. The number of benzene rings is 1. The van der Waals surface area contributed by atoms with Gasteiger partial charge in [-0.1, -0.05) is 42.5 Å². The number of aromatic nitrogens is 3. The fourth-order valence-electron chi connectivity index (χ4n) is 3.78. The minimum atomic E-state index is -0.533. The second kappa shape index (κ2) is 7.97. The van der Waals surface area contributed by atoms with Crippen LogP contribution in [0.3, 0.4) is 0 Å². The van der Waals surface area contributed by atoms with Crippen LogP contribution >= 0.6 is 0 Å². The lowest BCUT2D eigenvalue weighted by Crippen LogP contribution is -2.33. The predicted molar refractivity (Wildman–Crippen MR) is 110 cm³/mol. The molecule has 1 aliphatic rings. The molecule has 0 saturated heterocycles. The van der Waals surface area contributed by atoms with Gasteiger partial charge in [-0.05, 0) is 23.5 Å². The molecule has 0 fully saturated rings. The maximum atomic E-state index is 12.7. The van der Waals surface area contributed by atoms with Gasteiger partial charge in [-0.15, -0.1) is 0 Å². The largest absolute Gasteiger partial charge is 0.383 e. The molecule has 2 aromatic heterocycles. The number of hydrogen-bond donors (Lipinski definition) is 1. The van der Waals surface area contributed by atoms with Crippen molar-refractivity contribution in [1.29, 1.82) is 0 Å². The maximum Gasteiger partial charge on any atom is 0.330 e. The summed E-state index contributed by atoms with van der Waals surface area (Å²) in [6.45, 7) is 0.570. The Labute approximate surface area is 166 Å². The van der Waals surface area contributed by atoms with Gasteiger partial charge >= 0.3 is 5.69 Å². The zero-order valence-corrected chi connectivity index (χ0v) is 16.1. The number of nitrogens with one attached hydrogen (secondary N) is 1. The summed E-state index contributed by atoms with van der Waals surface area (Å²) in [5, 5.41) is 0.310. The van der Waals surface area contributed by atoms with Gasteiger partial charge in [-0.25, -0.2) is 9.78 Å². The number of Topliss-reactive ketones (excluding diaryl/α,β-unsaturated/α-hetero) is 1. The Balaban J connectivity index is 1.79. The van der Waals surface area contributed by atoms with Gasteiger partial charge in [0, 0.05) is 25.3 Å². The summed E-state index contributed by atoms with van der Waals surface area (Å²) in [7, 11) is 1.54. The monoisotopic (exact) mass is 391 g/mol. The second-order valence-electron chi connectivity index (χ2n) is 7.11. The number of ether oxygens (including phenoxy) is 1. The van der Waals surface area contributed by atoms with Gasteiger partial charge in [0.2, 0.25) is 0 Å². The Bertz CT molecular complexity index is 1210. The number of allylic oxidation sites excluding steroid dienone is 1. The summed E-state index contributed by atoms with van der Waals surface area (Å²) < 4.78 is 6.44. The number of hydrogen-bond acceptors (Lipinski definition) is 5. The molecule has 1 unspecified atom stereocenters. The molecule has 7 nitrogen and oxygen atoms in total. The molecule has 1 N–H and O–H groups in total. The SMILES string of the molecule is COCCn1c(=O)[nH]c(=O)c2c3c(cnc21)C(=O)CC(C=Cc1ccccc1)C3. The van der Waals surface area contributed by atoms with Crippen LogP contribution in [-0.4, -0.2) is 34.0 Å². The number of pyridine rings is 1. The van der Waals surface area contributed by atoms with E-state index in [0.29, 0.717) is 36.0 Å². The van der Waals surface area contributed by atoms with E-state index in [0.717, 1.165) is 5.56 Å². The highest BCUT2D eigenvalue weighted by Gasteiger charge is 2.28.